The summed E-state index contributed by atoms with van der Waals surface area (Å²) in [5.74, 6) is -0.128. The maximum Gasteiger partial charge on any atom is 0.228 e. The average molecular weight is 284 g/mol. The van der Waals surface area contributed by atoms with Gasteiger partial charge >= 0.3 is 0 Å². The molecule has 0 saturated heterocycles. The lowest BCUT2D eigenvalue weighted by molar-refractivity contribution is -0.115. The Morgan fingerprint density at radius 1 is 1.19 bits per heavy atom. The summed E-state index contributed by atoms with van der Waals surface area (Å²) in [7, 11) is 0. The minimum atomic E-state index is -0.229. The topological polar surface area (TPSA) is 81.9 Å². The second-order valence-electron chi connectivity index (χ2n) is 4.62. The van der Waals surface area contributed by atoms with Gasteiger partial charge < -0.3 is 15.6 Å². The van der Waals surface area contributed by atoms with Crippen molar-refractivity contribution in [3.63, 3.8) is 0 Å². The Bertz CT molecular complexity index is 681. The Kier molecular flexibility index (Phi) is 4.56. The number of phenols is 1. The quantitative estimate of drug-likeness (QED) is 0.458. The largest absolute Gasteiger partial charge is 0.508 e. The van der Waals surface area contributed by atoms with Gasteiger partial charge in [-0.25, -0.2) is 0 Å². The second-order valence-corrected chi connectivity index (χ2v) is 4.62. The first-order valence-corrected chi connectivity index (χ1v) is 6.46. The van der Waals surface area contributed by atoms with Crippen LogP contribution in [0.5, 0.6) is 5.75 Å². The number of oxime groups is 1. The number of para-hydroxylation sites is 1. The maximum atomic E-state index is 12.0. The highest BCUT2D eigenvalue weighted by atomic mass is 16.4. The maximum absolute atomic E-state index is 12.0. The Morgan fingerprint density at radius 3 is 2.67 bits per heavy atom. The molecule has 0 aliphatic carbocycles. The molecule has 5 nitrogen and oxygen atoms in total. The molecular weight excluding hydrogens is 268 g/mol. The highest BCUT2D eigenvalue weighted by Crippen LogP contribution is 2.17. The van der Waals surface area contributed by atoms with Crippen LogP contribution in [0.2, 0.25) is 0 Å². The molecule has 5 heteroatoms. The van der Waals surface area contributed by atoms with Gasteiger partial charge in [0, 0.05) is 16.8 Å². The van der Waals surface area contributed by atoms with Crippen LogP contribution in [0.15, 0.2) is 53.7 Å². The van der Waals surface area contributed by atoms with Gasteiger partial charge in [-0.1, -0.05) is 35.5 Å². The van der Waals surface area contributed by atoms with Crippen molar-refractivity contribution in [2.24, 2.45) is 5.16 Å². The molecule has 0 radical (unpaired) electrons. The summed E-state index contributed by atoms with van der Waals surface area (Å²) in [5, 5.41) is 24.3. The zero-order chi connectivity index (χ0) is 15.2. The number of carbonyl (C=O) groups excluding carboxylic acids is 1. The molecule has 0 aliphatic rings. The van der Waals surface area contributed by atoms with Gasteiger partial charge in [0.2, 0.25) is 5.91 Å². The molecule has 2 aromatic rings. The third-order valence-electron chi connectivity index (χ3n) is 3.06. The van der Waals surface area contributed by atoms with Crippen LogP contribution in [-0.2, 0) is 11.2 Å². The molecule has 0 spiro atoms. The van der Waals surface area contributed by atoms with Crippen LogP contribution in [0.1, 0.15) is 18.1 Å². The van der Waals surface area contributed by atoms with E-state index < -0.39 is 0 Å². The molecule has 0 atom stereocenters. The smallest absolute Gasteiger partial charge is 0.228 e. The molecule has 0 bridgehead atoms. The van der Waals surface area contributed by atoms with Crippen LogP contribution in [0.3, 0.4) is 0 Å². The van der Waals surface area contributed by atoms with E-state index in [2.05, 4.69) is 10.5 Å². The number of anilines is 1. The number of nitrogens with zero attached hydrogens (tertiary/aromatic N) is 1. The zero-order valence-electron chi connectivity index (χ0n) is 11.6. The van der Waals surface area contributed by atoms with Gasteiger partial charge in [0.1, 0.15) is 5.75 Å². The van der Waals surface area contributed by atoms with Crippen LogP contribution >= 0.6 is 0 Å². The predicted molar refractivity (Wildman–Crippen MR) is 80.9 cm³/mol. The average Bonchev–Trinajstić information content (AvgIpc) is 2.49. The summed E-state index contributed by atoms with van der Waals surface area (Å²) < 4.78 is 0. The van der Waals surface area contributed by atoms with Crippen LogP contribution in [0.25, 0.3) is 0 Å². The first-order valence-electron chi connectivity index (χ1n) is 6.46. The van der Waals surface area contributed by atoms with Gasteiger partial charge in [-0.15, -0.1) is 0 Å². The van der Waals surface area contributed by atoms with Crippen molar-refractivity contribution in [3.8, 4) is 5.75 Å². The number of nitrogens with one attached hydrogen (secondary N) is 1. The third-order valence-corrected chi connectivity index (χ3v) is 3.06. The fraction of sp³-hybridized carbons (Fsp3) is 0.125. The molecule has 108 valence electrons. The summed E-state index contributed by atoms with van der Waals surface area (Å²) in [6.07, 6.45) is 0.0873. The first-order chi connectivity index (χ1) is 10.1. The summed E-state index contributed by atoms with van der Waals surface area (Å²) in [4.78, 5) is 12.0. The van der Waals surface area contributed by atoms with E-state index in [0.29, 0.717) is 17.0 Å². The minimum absolute atomic E-state index is 0.0873. The van der Waals surface area contributed by atoms with Crippen LogP contribution < -0.4 is 5.32 Å². The number of amides is 1. The zero-order valence-corrected chi connectivity index (χ0v) is 11.6. The van der Waals surface area contributed by atoms with Crippen molar-refractivity contribution in [2.45, 2.75) is 13.3 Å². The Labute approximate surface area is 122 Å². The Balaban J connectivity index is 2.08. The van der Waals surface area contributed by atoms with Crippen molar-refractivity contribution in [1.82, 2.24) is 0 Å². The van der Waals surface area contributed by atoms with Gasteiger partial charge in [0.25, 0.3) is 0 Å². The summed E-state index contributed by atoms with van der Waals surface area (Å²) in [6.45, 7) is 1.67. The van der Waals surface area contributed by atoms with E-state index in [0.717, 1.165) is 5.56 Å². The van der Waals surface area contributed by atoms with E-state index >= 15 is 0 Å². The fourth-order valence-electron chi connectivity index (χ4n) is 1.92. The molecule has 0 heterocycles. The summed E-state index contributed by atoms with van der Waals surface area (Å²) >= 11 is 0. The number of rotatable bonds is 4. The van der Waals surface area contributed by atoms with E-state index in [4.69, 9.17) is 5.21 Å². The molecule has 0 aromatic heterocycles. The van der Waals surface area contributed by atoms with Crippen molar-refractivity contribution in [2.75, 3.05) is 5.32 Å². The molecule has 0 unspecified atom stereocenters. The number of phenolic OH excluding ortho intramolecular Hbond substituents is 1. The molecular formula is C16H16N2O3. The van der Waals surface area contributed by atoms with Gasteiger partial charge in [-0.05, 0) is 25.1 Å². The Hall–Kier alpha value is -2.82. The number of benzene rings is 2. The molecule has 2 aromatic carbocycles. The van der Waals surface area contributed by atoms with Gasteiger partial charge in [-0.3, -0.25) is 4.79 Å². The molecule has 21 heavy (non-hydrogen) atoms. The van der Waals surface area contributed by atoms with E-state index in [1.165, 1.54) is 0 Å². The number of hydrogen-bond donors (Lipinski definition) is 3. The minimum Gasteiger partial charge on any atom is -0.508 e. The van der Waals surface area contributed by atoms with Gasteiger partial charge in [0.15, 0.2) is 0 Å². The monoisotopic (exact) mass is 284 g/mol. The van der Waals surface area contributed by atoms with Gasteiger partial charge in [-0.2, -0.15) is 0 Å². The van der Waals surface area contributed by atoms with E-state index in [-0.39, 0.29) is 18.1 Å². The summed E-state index contributed by atoms with van der Waals surface area (Å²) in [5.41, 5.74) is 2.36. The van der Waals surface area contributed by atoms with E-state index in [9.17, 15) is 9.90 Å². The van der Waals surface area contributed by atoms with E-state index in [1.54, 1.807) is 55.5 Å². The number of aromatic hydroxyl groups is 1. The predicted octanol–water partition coefficient (Wildman–Crippen LogP) is 2.77. The molecule has 0 saturated carbocycles. The molecule has 3 N–H and O–H groups in total. The third kappa shape index (κ3) is 3.82. The number of carbonyl (C=O) groups is 1. The fourth-order valence-corrected chi connectivity index (χ4v) is 1.92. The van der Waals surface area contributed by atoms with Crippen LogP contribution in [0.4, 0.5) is 5.69 Å². The lowest BCUT2D eigenvalue weighted by Gasteiger charge is -2.08. The van der Waals surface area contributed by atoms with Crippen molar-refractivity contribution in [3.05, 3.63) is 59.7 Å². The molecule has 0 aliphatic heterocycles. The van der Waals surface area contributed by atoms with Crippen LogP contribution in [0, 0.1) is 0 Å². The lowest BCUT2D eigenvalue weighted by atomic mass is 10.1. The van der Waals surface area contributed by atoms with E-state index in [1.807, 2.05) is 0 Å². The second kappa shape index (κ2) is 6.56. The van der Waals surface area contributed by atoms with Crippen molar-refractivity contribution in [1.29, 1.82) is 0 Å². The molecule has 2 rings (SSSR count). The molecule has 0 fully saturated rings. The highest BCUT2D eigenvalue weighted by molar-refractivity contribution is 6.00. The van der Waals surface area contributed by atoms with Crippen LogP contribution in [-0.4, -0.2) is 21.9 Å². The first kappa shape index (κ1) is 14.6. The number of hydrogen-bond acceptors (Lipinski definition) is 4. The summed E-state index contributed by atoms with van der Waals surface area (Å²) in [6, 6.07) is 13.7. The Morgan fingerprint density at radius 2 is 1.95 bits per heavy atom. The molecule has 1 amide bonds. The lowest BCUT2D eigenvalue weighted by Crippen LogP contribution is -2.14. The van der Waals surface area contributed by atoms with Crippen molar-refractivity contribution < 1.29 is 15.1 Å². The standard InChI is InChI=1S/C16H16N2O3/c1-11(18-21)12-6-4-7-14(9-12)17-16(20)10-13-5-2-3-8-15(13)19/h2-9,19,21H,10H2,1H3,(H,17,20)/b18-11-. The SMILES string of the molecule is C/C(=N/O)c1cccc(NC(=O)Cc2ccccc2O)c1. The normalized spacial score (nSPS) is 11.2. The van der Waals surface area contributed by atoms with Crippen molar-refractivity contribution >= 4 is 17.3 Å². The van der Waals surface area contributed by atoms with Gasteiger partial charge in [0.05, 0.1) is 12.1 Å². The highest BCUT2D eigenvalue weighted by Gasteiger charge is 2.08.